The van der Waals surface area contributed by atoms with Crippen molar-refractivity contribution < 1.29 is 32.3 Å². The van der Waals surface area contributed by atoms with Gasteiger partial charge in [-0.1, -0.05) is 12.1 Å². The molecule has 0 radical (unpaired) electrons. The van der Waals surface area contributed by atoms with E-state index in [0.29, 0.717) is 18.7 Å². The van der Waals surface area contributed by atoms with Crippen molar-refractivity contribution in [1.82, 2.24) is 20.0 Å². The Kier molecular flexibility index (Phi) is 8.03. The molecule has 0 aliphatic carbocycles. The number of nitrogens with zero attached hydrogens (tertiary/aromatic N) is 3. The lowest BCUT2D eigenvalue weighted by molar-refractivity contribution is -0.138. The van der Waals surface area contributed by atoms with Crippen molar-refractivity contribution >= 4 is 34.7 Å². The maximum Gasteiger partial charge on any atom is 0.417 e. The van der Waals surface area contributed by atoms with Gasteiger partial charge in [-0.2, -0.15) is 13.2 Å². The fourth-order valence-electron chi connectivity index (χ4n) is 3.66. The highest BCUT2D eigenvalue weighted by atomic mass is 32.2. The van der Waals surface area contributed by atoms with E-state index in [1.165, 1.54) is 17.0 Å². The molecule has 2 fully saturated rings. The molecule has 0 unspecified atom stereocenters. The molecule has 184 valence electrons. The van der Waals surface area contributed by atoms with E-state index in [-0.39, 0.29) is 37.4 Å². The van der Waals surface area contributed by atoms with E-state index in [0.717, 1.165) is 28.8 Å². The van der Waals surface area contributed by atoms with E-state index >= 15 is 0 Å². The fraction of sp³-hybridized carbons (Fsp3) is 0.455. The number of hydrogen-bond donors (Lipinski definition) is 1. The van der Waals surface area contributed by atoms with Crippen LogP contribution in [0.25, 0.3) is 0 Å². The van der Waals surface area contributed by atoms with Gasteiger partial charge in [0.1, 0.15) is 6.54 Å². The third kappa shape index (κ3) is 5.98. The van der Waals surface area contributed by atoms with Crippen LogP contribution < -0.4 is 5.32 Å². The highest BCUT2D eigenvalue weighted by Gasteiger charge is 2.40. The Bertz CT molecular complexity index is 1020. The molecular weight excluding hydrogens is 473 g/mol. The Balaban J connectivity index is 1.63. The van der Waals surface area contributed by atoms with Crippen LogP contribution in [0.2, 0.25) is 0 Å². The van der Waals surface area contributed by atoms with Gasteiger partial charge in [-0.15, -0.1) is 0 Å². The van der Waals surface area contributed by atoms with E-state index in [1.54, 1.807) is 0 Å². The number of benzene rings is 1. The third-order valence-corrected chi connectivity index (χ3v) is 6.53. The largest absolute Gasteiger partial charge is 0.417 e. The molecule has 0 atom stereocenters. The predicted octanol–water partition coefficient (Wildman–Crippen LogP) is 2.57. The maximum atomic E-state index is 13.3. The van der Waals surface area contributed by atoms with E-state index < -0.39 is 40.3 Å². The number of thioether (sulfide) groups is 1. The highest BCUT2D eigenvalue weighted by Crippen LogP contribution is 2.37. The molecule has 2 heterocycles. The van der Waals surface area contributed by atoms with Crippen molar-refractivity contribution in [3.8, 4) is 0 Å². The van der Waals surface area contributed by atoms with Gasteiger partial charge in [-0.3, -0.25) is 24.1 Å². The Morgan fingerprint density at radius 1 is 1.12 bits per heavy atom. The summed E-state index contributed by atoms with van der Waals surface area (Å²) < 4.78 is 39.8. The lowest BCUT2D eigenvalue weighted by Crippen LogP contribution is -2.41. The quantitative estimate of drug-likeness (QED) is 0.607. The molecule has 34 heavy (non-hydrogen) atoms. The van der Waals surface area contributed by atoms with E-state index in [4.69, 9.17) is 0 Å². The molecule has 0 aromatic heterocycles. The summed E-state index contributed by atoms with van der Waals surface area (Å²) in [5, 5.41) is 2.10. The number of hydrogen-bond acceptors (Lipinski definition) is 6. The molecule has 0 saturated carbocycles. The second-order valence-electron chi connectivity index (χ2n) is 8.18. The topological polar surface area (TPSA) is 90.0 Å². The molecular formula is C22H25F3N4O4S. The number of likely N-dealkylation sites (N-methyl/N-ethyl adjacent to an activating group) is 1. The van der Waals surface area contributed by atoms with Crippen LogP contribution in [0.1, 0.15) is 28.8 Å². The minimum atomic E-state index is -4.65. The van der Waals surface area contributed by atoms with Gasteiger partial charge in [0.15, 0.2) is 0 Å². The molecule has 3 rings (SSSR count). The molecule has 1 N–H and O–H groups in total. The van der Waals surface area contributed by atoms with Crippen LogP contribution in [-0.4, -0.2) is 84.5 Å². The van der Waals surface area contributed by atoms with Gasteiger partial charge in [-0.25, -0.2) is 0 Å². The molecule has 8 nitrogen and oxygen atoms in total. The molecule has 12 heteroatoms. The average Bonchev–Trinajstić information content (AvgIpc) is 3.06. The SMILES string of the molecule is CN(C)CCNC(=O)CN1C(=O)SC(=C2CCN(C(=O)c3ccccc3C(F)(F)F)CC2)C1=O. The van der Waals surface area contributed by atoms with Crippen LogP contribution in [-0.2, 0) is 15.8 Å². The zero-order valence-electron chi connectivity index (χ0n) is 18.8. The number of carbonyl (C=O) groups is 4. The van der Waals surface area contributed by atoms with Gasteiger partial charge in [0.2, 0.25) is 5.91 Å². The van der Waals surface area contributed by atoms with Crippen LogP contribution in [0.3, 0.4) is 0 Å². The van der Waals surface area contributed by atoms with Crippen molar-refractivity contribution in [2.45, 2.75) is 19.0 Å². The highest BCUT2D eigenvalue weighted by molar-refractivity contribution is 8.18. The van der Waals surface area contributed by atoms with E-state index in [2.05, 4.69) is 5.32 Å². The molecule has 2 aliphatic heterocycles. The van der Waals surface area contributed by atoms with Crippen molar-refractivity contribution in [3.05, 3.63) is 45.9 Å². The smallest absolute Gasteiger partial charge is 0.353 e. The number of rotatable bonds is 6. The van der Waals surface area contributed by atoms with Crippen LogP contribution in [0, 0.1) is 0 Å². The lowest BCUT2D eigenvalue weighted by Gasteiger charge is -2.29. The number of imide groups is 1. The lowest BCUT2D eigenvalue weighted by atomic mass is 10.0. The van der Waals surface area contributed by atoms with Gasteiger partial charge in [0, 0.05) is 26.2 Å². The Morgan fingerprint density at radius 2 is 1.76 bits per heavy atom. The van der Waals surface area contributed by atoms with E-state index in [1.807, 2.05) is 19.0 Å². The normalized spacial score (nSPS) is 17.1. The fourth-order valence-corrected chi connectivity index (χ4v) is 4.64. The third-order valence-electron chi connectivity index (χ3n) is 5.47. The zero-order chi connectivity index (χ0) is 25.0. The van der Waals surface area contributed by atoms with Crippen molar-refractivity contribution in [1.29, 1.82) is 0 Å². The summed E-state index contributed by atoms with van der Waals surface area (Å²) in [5.74, 6) is -1.73. The first kappa shape index (κ1) is 25.8. The zero-order valence-corrected chi connectivity index (χ0v) is 19.6. The van der Waals surface area contributed by atoms with Gasteiger partial charge in [0.25, 0.3) is 17.1 Å². The summed E-state index contributed by atoms with van der Waals surface area (Å²) in [6.07, 6.45) is -4.14. The minimum absolute atomic E-state index is 0.122. The van der Waals surface area contributed by atoms with Crippen LogP contribution >= 0.6 is 11.8 Å². The predicted molar refractivity (Wildman–Crippen MR) is 120 cm³/mol. The number of amides is 4. The van der Waals surface area contributed by atoms with Crippen LogP contribution in [0.5, 0.6) is 0 Å². The van der Waals surface area contributed by atoms with E-state index in [9.17, 15) is 32.3 Å². The summed E-state index contributed by atoms with van der Waals surface area (Å²) >= 11 is 0.747. The van der Waals surface area contributed by atoms with Crippen LogP contribution in [0.4, 0.5) is 18.0 Å². The summed E-state index contributed by atoms with van der Waals surface area (Å²) in [7, 11) is 3.70. The first-order chi connectivity index (χ1) is 16.0. The minimum Gasteiger partial charge on any atom is -0.353 e. The van der Waals surface area contributed by atoms with Gasteiger partial charge in [0.05, 0.1) is 16.0 Å². The van der Waals surface area contributed by atoms with Gasteiger partial charge >= 0.3 is 6.18 Å². The Morgan fingerprint density at radius 3 is 2.38 bits per heavy atom. The first-order valence-electron chi connectivity index (χ1n) is 10.6. The van der Waals surface area contributed by atoms with Crippen LogP contribution in [0.15, 0.2) is 34.7 Å². The number of likely N-dealkylation sites (tertiary alicyclic amines) is 1. The number of piperidine rings is 1. The molecule has 1 aromatic rings. The number of alkyl halides is 3. The summed E-state index contributed by atoms with van der Waals surface area (Å²) in [6.45, 7) is 0.854. The monoisotopic (exact) mass is 498 g/mol. The Hall–Kier alpha value is -2.86. The summed E-state index contributed by atoms with van der Waals surface area (Å²) in [5.41, 5.74) is -0.748. The summed E-state index contributed by atoms with van der Waals surface area (Å²) in [4.78, 5) is 54.2. The molecule has 0 bridgehead atoms. The van der Waals surface area contributed by atoms with Crippen molar-refractivity contribution in [2.75, 3.05) is 46.8 Å². The number of nitrogens with one attached hydrogen (secondary N) is 1. The summed E-state index contributed by atoms with van der Waals surface area (Å²) in [6, 6.07) is 4.63. The second kappa shape index (κ2) is 10.6. The van der Waals surface area contributed by atoms with Gasteiger partial charge < -0.3 is 15.1 Å². The molecule has 2 aliphatic rings. The average molecular weight is 499 g/mol. The Labute approximate surface area is 199 Å². The molecule has 1 aromatic carbocycles. The van der Waals surface area contributed by atoms with Crippen molar-refractivity contribution in [3.63, 3.8) is 0 Å². The number of carbonyl (C=O) groups excluding carboxylic acids is 4. The standard InChI is InChI=1S/C22H25F3N4O4S/c1-27(2)12-9-26-17(30)13-29-20(32)18(34-21(29)33)14-7-10-28(11-8-14)19(31)15-5-3-4-6-16(15)22(23,24)25/h3-6H,7-13H2,1-2H3,(H,26,30). The first-order valence-corrected chi connectivity index (χ1v) is 11.4. The maximum absolute atomic E-state index is 13.3. The number of halogens is 3. The van der Waals surface area contributed by atoms with Crippen molar-refractivity contribution in [2.24, 2.45) is 0 Å². The van der Waals surface area contributed by atoms with Gasteiger partial charge in [-0.05, 0) is 56.4 Å². The molecule has 0 spiro atoms. The second-order valence-corrected chi connectivity index (χ2v) is 9.14. The molecule has 4 amide bonds. The molecule has 2 saturated heterocycles.